The van der Waals surface area contributed by atoms with E-state index in [0.717, 1.165) is 6.07 Å². The molecule has 0 bridgehead atoms. The van der Waals surface area contributed by atoms with Gasteiger partial charge < -0.3 is 30.6 Å². The second-order valence-electron chi connectivity index (χ2n) is 8.97. The first-order valence-electron chi connectivity index (χ1n) is 11.3. The average Bonchev–Trinajstić information content (AvgIpc) is 3.13. The number of dihydropyridines is 1. The number of primary amides is 1. The number of alkyl halides is 3. The molecule has 0 saturated heterocycles. The van der Waals surface area contributed by atoms with Crippen molar-refractivity contribution in [1.29, 1.82) is 0 Å². The number of benzene rings is 2. The molecule has 37 heavy (non-hydrogen) atoms. The van der Waals surface area contributed by atoms with E-state index in [2.05, 4.69) is 15.6 Å². The number of rotatable bonds is 8. The highest BCUT2D eigenvalue weighted by Gasteiger charge is 2.32. The van der Waals surface area contributed by atoms with Crippen molar-refractivity contribution in [3.05, 3.63) is 71.8 Å². The Morgan fingerprint density at radius 2 is 2.00 bits per heavy atom. The highest BCUT2D eigenvalue weighted by Crippen LogP contribution is 2.34. The van der Waals surface area contributed by atoms with E-state index in [-0.39, 0.29) is 17.3 Å². The van der Waals surface area contributed by atoms with E-state index >= 15 is 0 Å². The summed E-state index contributed by atoms with van der Waals surface area (Å²) in [6, 6.07) is 7.24. The number of nitrogens with one attached hydrogen (secondary N) is 2. The third kappa shape index (κ3) is 5.69. The lowest BCUT2D eigenvalue weighted by Gasteiger charge is -2.32. The molecule has 8 nitrogen and oxygen atoms in total. The normalized spacial score (nSPS) is 17.6. The zero-order valence-electron chi connectivity index (χ0n) is 20.4. The fraction of sp³-hybridized carbons (Fsp3) is 0.280. The number of hydrogen-bond acceptors (Lipinski definition) is 6. The van der Waals surface area contributed by atoms with Gasteiger partial charge in [-0.1, -0.05) is 0 Å². The minimum Gasteiger partial charge on any atom is -0.479 e. The van der Waals surface area contributed by atoms with Gasteiger partial charge in [0.2, 0.25) is 5.95 Å². The summed E-state index contributed by atoms with van der Waals surface area (Å²) in [7, 11) is 5.48. The van der Waals surface area contributed by atoms with Gasteiger partial charge in [-0.3, -0.25) is 4.79 Å². The third-order valence-corrected chi connectivity index (χ3v) is 5.91. The van der Waals surface area contributed by atoms with Crippen LogP contribution in [0.1, 0.15) is 12.0 Å². The van der Waals surface area contributed by atoms with Crippen molar-refractivity contribution in [2.75, 3.05) is 26.0 Å². The minimum atomic E-state index is -4.61. The predicted molar refractivity (Wildman–Crippen MR) is 131 cm³/mol. The van der Waals surface area contributed by atoms with Gasteiger partial charge in [-0.05, 0) is 56.6 Å². The lowest BCUT2D eigenvalue weighted by Crippen LogP contribution is -2.40. The first-order valence-corrected chi connectivity index (χ1v) is 11.3. The Kier molecular flexibility index (Phi) is 6.87. The number of amides is 1. The van der Waals surface area contributed by atoms with Crippen LogP contribution in [0.4, 0.5) is 29.2 Å². The monoisotopic (exact) mass is 518 g/mol. The van der Waals surface area contributed by atoms with Gasteiger partial charge in [0, 0.05) is 32.3 Å². The van der Waals surface area contributed by atoms with Crippen LogP contribution in [-0.4, -0.2) is 46.6 Å². The quantitative estimate of drug-likeness (QED) is 0.390. The van der Waals surface area contributed by atoms with E-state index in [4.69, 9.17) is 10.5 Å². The van der Waals surface area contributed by atoms with Crippen molar-refractivity contribution in [2.45, 2.75) is 18.2 Å². The van der Waals surface area contributed by atoms with Crippen molar-refractivity contribution in [3.8, 4) is 5.75 Å². The molecule has 0 fully saturated rings. The maximum absolute atomic E-state index is 14.3. The summed E-state index contributed by atoms with van der Waals surface area (Å²) < 4.78 is 61.5. The first kappa shape index (κ1) is 26.0. The van der Waals surface area contributed by atoms with Gasteiger partial charge in [0.05, 0.1) is 22.3 Å². The summed E-state index contributed by atoms with van der Waals surface area (Å²) in [4.78, 5) is 18.2. The number of nitrogens with zero attached hydrogens (tertiary/aromatic N) is 3. The second-order valence-corrected chi connectivity index (χ2v) is 8.97. The van der Waals surface area contributed by atoms with E-state index in [1.807, 2.05) is 19.0 Å². The molecular formula is C25H26F4N6O2. The topological polar surface area (TPSA) is 97.4 Å². The Bertz CT molecular complexity index is 1400. The number of carbonyl (C=O) groups is 1. The van der Waals surface area contributed by atoms with Crippen LogP contribution in [0.3, 0.4) is 0 Å². The van der Waals surface area contributed by atoms with Crippen LogP contribution in [-0.2, 0) is 18.0 Å². The van der Waals surface area contributed by atoms with Crippen molar-refractivity contribution < 1.29 is 27.1 Å². The van der Waals surface area contributed by atoms with Crippen LogP contribution in [0.25, 0.3) is 11.0 Å². The molecule has 1 unspecified atom stereocenters. The summed E-state index contributed by atoms with van der Waals surface area (Å²) in [6.07, 6.45) is 0.911. The van der Waals surface area contributed by atoms with Crippen LogP contribution in [0.2, 0.25) is 0 Å². The van der Waals surface area contributed by atoms with Crippen molar-refractivity contribution in [3.63, 3.8) is 0 Å². The number of imidazole rings is 1. The van der Waals surface area contributed by atoms with Crippen LogP contribution >= 0.6 is 0 Å². The summed E-state index contributed by atoms with van der Waals surface area (Å²) in [5, 5.41) is 5.47. The lowest BCUT2D eigenvalue weighted by molar-refractivity contribution is -0.137. The van der Waals surface area contributed by atoms with Gasteiger partial charge in [-0.25, -0.2) is 9.37 Å². The number of hydrogen-bond donors (Lipinski definition) is 3. The molecule has 4 N–H and O–H groups in total. The largest absolute Gasteiger partial charge is 0.479 e. The number of ether oxygens (including phenoxy) is 1. The molecule has 0 radical (unpaired) electrons. The molecule has 1 aliphatic rings. The number of aryl methyl sites for hydroxylation is 1. The summed E-state index contributed by atoms with van der Waals surface area (Å²) in [6.45, 7) is 0.648. The SMILES string of the molecule is CN(C)CCC1(Oc2ccc3c(c2)nc(Nc2cc(C(F)(F)F)ccc2F)n3C)C=CNC(C(N)=O)=C1. The molecule has 2 heterocycles. The lowest BCUT2D eigenvalue weighted by atomic mass is 9.95. The summed E-state index contributed by atoms with van der Waals surface area (Å²) in [5.74, 6) is -0.889. The standard InChI is InChI=1S/C25H26F4N6O2/c1-34(2)11-9-24(8-10-31-20(14-24)22(30)36)37-16-5-7-21-19(13-16)33-23(35(21)3)32-18-12-15(25(27,28)29)4-6-17(18)26/h4-8,10,12-14,31H,9,11H2,1-3H3,(H2,30,36)(H,32,33). The Labute approximate surface area is 210 Å². The van der Waals surface area contributed by atoms with E-state index < -0.39 is 29.1 Å². The fourth-order valence-corrected chi connectivity index (χ4v) is 3.91. The molecule has 4 rings (SSSR count). The fourth-order valence-electron chi connectivity index (χ4n) is 3.91. The number of halogens is 4. The maximum atomic E-state index is 14.3. The molecule has 1 aliphatic heterocycles. The molecule has 2 aromatic carbocycles. The molecule has 0 spiro atoms. The molecule has 0 aliphatic carbocycles. The van der Waals surface area contributed by atoms with Crippen LogP contribution in [0.5, 0.6) is 5.75 Å². The number of aromatic nitrogens is 2. The van der Waals surface area contributed by atoms with Gasteiger partial charge in [0.1, 0.15) is 17.3 Å². The third-order valence-electron chi connectivity index (χ3n) is 5.91. The molecule has 3 aromatic rings. The van der Waals surface area contributed by atoms with Gasteiger partial charge in [-0.15, -0.1) is 0 Å². The van der Waals surface area contributed by atoms with Crippen LogP contribution in [0, 0.1) is 5.82 Å². The molecule has 12 heteroatoms. The average molecular weight is 519 g/mol. The molecule has 0 saturated carbocycles. The zero-order chi connectivity index (χ0) is 27.0. The van der Waals surface area contributed by atoms with E-state index in [1.54, 1.807) is 48.2 Å². The molecular weight excluding hydrogens is 492 g/mol. The van der Waals surface area contributed by atoms with Gasteiger partial charge >= 0.3 is 6.18 Å². The highest BCUT2D eigenvalue weighted by atomic mass is 19.4. The molecule has 1 atom stereocenters. The minimum absolute atomic E-state index is 0.144. The molecule has 1 amide bonds. The Balaban J connectivity index is 1.66. The number of carbonyl (C=O) groups excluding carboxylic acids is 1. The van der Waals surface area contributed by atoms with Crippen molar-refractivity contribution in [2.24, 2.45) is 12.8 Å². The second kappa shape index (κ2) is 9.77. The van der Waals surface area contributed by atoms with Crippen LogP contribution in [0.15, 0.2) is 60.4 Å². The maximum Gasteiger partial charge on any atom is 0.416 e. The smallest absolute Gasteiger partial charge is 0.416 e. The van der Waals surface area contributed by atoms with E-state index in [9.17, 15) is 22.4 Å². The zero-order valence-corrected chi connectivity index (χ0v) is 20.4. The van der Waals surface area contributed by atoms with Crippen molar-refractivity contribution >= 4 is 28.6 Å². The Hall–Kier alpha value is -4.06. The predicted octanol–water partition coefficient (Wildman–Crippen LogP) is 4.03. The number of fused-ring (bicyclic) bond motifs is 1. The van der Waals surface area contributed by atoms with E-state index in [0.29, 0.717) is 41.9 Å². The van der Waals surface area contributed by atoms with Gasteiger partial charge in [0.15, 0.2) is 5.60 Å². The number of nitrogens with two attached hydrogens (primary N) is 1. The Morgan fingerprint density at radius 3 is 2.68 bits per heavy atom. The number of anilines is 2. The highest BCUT2D eigenvalue weighted by molar-refractivity contribution is 5.92. The summed E-state index contributed by atoms with van der Waals surface area (Å²) in [5.41, 5.74) is 4.47. The van der Waals surface area contributed by atoms with Crippen molar-refractivity contribution in [1.82, 2.24) is 19.8 Å². The Morgan fingerprint density at radius 1 is 1.24 bits per heavy atom. The van der Waals surface area contributed by atoms with E-state index in [1.165, 1.54) is 0 Å². The van der Waals surface area contributed by atoms with Gasteiger partial charge in [0.25, 0.3) is 5.91 Å². The van der Waals surface area contributed by atoms with Crippen LogP contribution < -0.4 is 21.1 Å². The van der Waals surface area contributed by atoms with Gasteiger partial charge in [-0.2, -0.15) is 13.2 Å². The first-order chi connectivity index (χ1) is 17.4. The molecule has 1 aromatic heterocycles. The molecule has 196 valence electrons. The summed E-state index contributed by atoms with van der Waals surface area (Å²) >= 11 is 0.